The maximum Gasteiger partial charge on any atom is 0.0700 e. The van der Waals surface area contributed by atoms with Gasteiger partial charge in [0.2, 0.25) is 0 Å². The average molecular weight is 215 g/mol. The zero-order valence-electron chi connectivity index (χ0n) is 9.96. The van der Waals surface area contributed by atoms with E-state index in [0.29, 0.717) is 13.2 Å². The van der Waals surface area contributed by atoms with Gasteiger partial charge in [-0.2, -0.15) is 0 Å². The van der Waals surface area contributed by atoms with Crippen molar-refractivity contribution in [3.8, 4) is 0 Å². The van der Waals surface area contributed by atoms with Gasteiger partial charge < -0.3 is 14.8 Å². The Morgan fingerprint density at radius 2 is 1.73 bits per heavy atom. The Labute approximate surface area is 93.5 Å². The van der Waals surface area contributed by atoms with E-state index in [-0.39, 0.29) is 0 Å². The molecule has 0 atom stereocenters. The summed E-state index contributed by atoms with van der Waals surface area (Å²) >= 11 is 0. The largest absolute Gasteiger partial charge is 0.382 e. The first-order valence-electron chi connectivity index (χ1n) is 6.23. The number of hydrogen-bond acceptors (Lipinski definition) is 3. The van der Waals surface area contributed by atoms with Gasteiger partial charge in [0.05, 0.1) is 19.8 Å². The lowest BCUT2D eigenvalue weighted by Gasteiger charge is -2.15. The number of methoxy groups -OCH3 is 1. The molecule has 90 valence electrons. The molecule has 1 aliphatic carbocycles. The molecule has 1 saturated carbocycles. The van der Waals surface area contributed by atoms with E-state index in [1.807, 2.05) is 0 Å². The average Bonchev–Trinajstić information content (AvgIpc) is 2.52. The fourth-order valence-corrected chi connectivity index (χ4v) is 2.06. The molecule has 0 aromatic carbocycles. The summed E-state index contributed by atoms with van der Waals surface area (Å²) in [5, 5.41) is 3.57. The van der Waals surface area contributed by atoms with E-state index < -0.39 is 0 Å². The summed E-state index contributed by atoms with van der Waals surface area (Å²) in [5.41, 5.74) is 0. The van der Waals surface area contributed by atoms with Crippen LogP contribution >= 0.6 is 0 Å². The van der Waals surface area contributed by atoms with Crippen molar-refractivity contribution in [1.29, 1.82) is 0 Å². The van der Waals surface area contributed by atoms with Crippen molar-refractivity contribution in [2.45, 2.75) is 44.6 Å². The van der Waals surface area contributed by atoms with Gasteiger partial charge in [-0.15, -0.1) is 0 Å². The van der Waals surface area contributed by atoms with Crippen molar-refractivity contribution in [1.82, 2.24) is 5.32 Å². The van der Waals surface area contributed by atoms with Gasteiger partial charge in [-0.25, -0.2) is 0 Å². The molecule has 0 unspecified atom stereocenters. The van der Waals surface area contributed by atoms with Crippen molar-refractivity contribution in [3.05, 3.63) is 0 Å². The van der Waals surface area contributed by atoms with E-state index in [1.165, 1.54) is 38.5 Å². The Kier molecular flexibility index (Phi) is 7.88. The zero-order valence-corrected chi connectivity index (χ0v) is 9.96. The molecule has 3 nitrogen and oxygen atoms in total. The molecule has 1 aliphatic rings. The van der Waals surface area contributed by atoms with Gasteiger partial charge in [0.1, 0.15) is 0 Å². The van der Waals surface area contributed by atoms with Crippen LogP contribution in [0.1, 0.15) is 38.5 Å². The minimum Gasteiger partial charge on any atom is -0.382 e. The Bertz CT molecular complexity index is 134. The third-order valence-corrected chi connectivity index (χ3v) is 2.97. The normalized spacial score (nSPS) is 19.0. The smallest absolute Gasteiger partial charge is 0.0700 e. The first-order chi connectivity index (χ1) is 7.43. The van der Waals surface area contributed by atoms with Gasteiger partial charge in [0, 0.05) is 19.7 Å². The van der Waals surface area contributed by atoms with Crippen molar-refractivity contribution in [2.75, 3.05) is 33.5 Å². The molecule has 0 radical (unpaired) electrons. The van der Waals surface area contributed by atoms with E-state index in [1.54, 1.807) is 7.11 Å². The lowest BCUT2D eigenvalue weighted by atomic mass is 10.1. The lowest BCUT2D eigenvalue weighted by molar-refractivity contribution is 0.0708. The van der Waals surface area contributed by atoms with Crippen LogP contribution in [0.25, 0.3) is 0 Å². The summed E-state index contributed by atoms with van der Waals surface area (Å²) in [6.45, 7) is 3.19. The third kappa shape index (κ3) is 6.88. The first-order valence-corrected chi connectivity index (χ1v) is 6.23. The topological polar surface area (TPSA) is 30.5 Å². The number of rotatable bonds is 7. The van der Waals surface area contributed by atoms with Crippen LogP contribution in [0.5, 0.6) is 0 Å². The highest BCUT2D eigenvalue weighted by molar-refractivity contribution is 4.70. The molecule has 0 aromatic heterocycles. The molecule has 3 heteroatoms. The van der Waals surface area contributed by atoms with E-state index >= 15 is 0 Å². The number of hydrogen-bond donors (Lipinski definition) is 1. The predicted molar refractivity (Wildman–Crippen MR) is 62.2 cm³/mol. The molecule has 0 aromatic rings. The molecular formula is C12H25NO2. The summed E-state index contributed by atoms with van der Waals surface area (Å²) in [7, 11) is 1.70. The highest BCUT2D eigenvalue weighted by atomic mass is 16.5. The summed E-state index contributed by atoms with van der Waals surface area (Å²) in [5.74, 6) is 0. The maximum absolute atomic E-state index is 5.41. The van der Waals surface area contributed by atoms with Gasteiger partial charge in [-0.3, -0.25) is 0 Å². The Balaban J connectivity index is 1.89. The van der Waals surface area contributed by atoms with Crippen LogP contribution in [0.15, 0.2) is 0 Å². The maximum atomic E-state index is 5.41. The summed E-state index contributed by atoms with van der Waals surface area (Å²) in [6, 6.07) is 0.735. The zero-order chi connectivity index (χ0) is 10.8. The molecule has 1 fully saturated rings. The SMILES string of the molecule is COCCOCCNC1CCCCCC1. The quantitative estimate of drug-likeness (QED) is 0.520. The predicted octanol–water partition coefficient (Wildman–Crippen LogP) is 1.96. The lowest BCUT2D eigenvalue weighted by Crippen LogP contribution is -2.31. The number of ether oxygens (including phenoxy) is 2. The minimum atomic E-state index is 0.698. The fourth-order valence-electron chi connectivity index (χ4n) is 2.06. The van der Waals surface area contributed by atoms with Gasteiger partial charge in [0.15, 0.2) is 0 Å². The van der Waals surface area contributed by atoms with Crippen molar-refractivity contribution in [3.63, 3.8) is 0 Å². The Hall–Kier alpha value is -0.120. The first kappa shape index (κ1) is 12.9. The second-order valence-corrected chi connectivity index (χ2v) is 4.25. The van der Waals surface area contributed by atoms with Gasteiger partial charge in [-0.05, 0) is 12.8 Å². The highest BCUT2D eigenvalue weighted by Gasteiger charge is 2.10. The van der Waals surface area contributed by atoms with Gasteiger partial charge in [0.25, 0.3) is 0 Å². The van der Waals surface area contributed by atoms with Gasteiger partial charge >= 0.3 is 0 Å². The molecule has 0 heterocycles. The standard InChI is InChI=1S/C12H25NO2/c1-14-10-11-15-9-8-13-12-6-4-2-3-5-7-12/h12-13H,2-11H2,1H3. The van der Waals surface area contributed by atoms with E-state index in [4.69, 9.17) is 9.47 Å². The number of nitrogens with one attached hydrogen (secondary N) is 1. The molecule has 0 saturated heterocycles. The molecule has 1 N–H and O–H groups in total. The summed E-state index contributed by atoms with van der Waals surface area (Å²) in [4.78, 5) is 0. The Morgan fingerprint density at radius 3 is 2.40 bits per heavy atom. The molecule has 0 spiro atoms. The third-order valence-electron chi connectivity index (χ3n) is 2.97. The van der Waals surface area contributed by atoms with Crippen LogP contribution in [0.4, 0.5) is 0 Å². The second-order valence-electron chi connectivity index (χ2n) is 4.25. The van der Waals surface area contributed by atoms with Crippen molar-refractivity contribution >= 4 is 0 Å². The summed E-state index contributed by atoms with van der Waals surface area (Å²) < 4.78 is 10.3. The Morgan fingerprint density at radius 1 is 1.00 bits per heavy atom. The molecule has 15 heavy (non-hydrogen) atoms. The molecule has 1 rings (SSSR count). The van der Waals surface area contributed by atoms with E-state index in [0.717, 1.165) is 19.2 Å². The van der Waals surface area contributed by atoms with Crippen LogP contribution in [0, 0.1) is 0 Å². The molecule has 0 bridgehead atoms. The van der Waals surface area contributed by atoms with Crippen LogP contribution in [-0.2, 0) is 9.47 Å². The molecule has 0 aliphatic heterocycles. The minimum absolute atomic E-state index is 0.698. The van der Waals surface area contributed by atoms with Crippen LogP contribution in [0.3, 0.4) is 0 Å². The van der Waals surface area contributed by atoms with Crippen molar-refractivity contribution in [2.24, 2.45) is 0 Å². The summed E-state index contributed by atoms with van der Waals surface area (Å²) in [6.07, 6.45) is 8.31. The van der Waals surface area contributed by atoms with Gasteiger partial charge in [-0.1, -0.05) is 25.7 Å². The monoisotopic (exact) mass is 215 g/mol. The van der Waals surface area contributed by atoms with E-state index in [9.17, 15) is 0 Å². The van der Waals surface area contributed by atoms with Crippen molar-refractivity contribution < 1.29 is 9.47 Å². The van der Waals surface area contributed by atoms with E-state index in [2.05, 4.69) is 5.32 Å². The van der Waals surface area contributed by atoms with Crippen LogP contribution in [-0.4, -0.2) is 39.5 Å². The second kappa shape index (κ2) is 9.13. The fraction of sp³-hybridized carbons (Fsp3) is 1.00. The highest BCUT2D eigenvalue weighted by Crippen LogP contribution is 2.16. The molecular weight excluding hydrogens is 190 g/mol. The molecule has 0 amide bonds. The van der Waals surface area contributed by atoms with Crippen LogP contribution in [0.2, 0.25) is 0 Å². The van der Waals surface area contributed by atoms with Crippen LogP contribution < -0.4 is 5.32 Å².